The molecule has 11 rings (SSSR count). The van der Waals surface area contributed by atoms with E-state index in [1.165, 1.54) is 11.1 Å². The van der Waals surface area contributed by atoms with Crippen LogP contribution in [0.1, 0.15) is 22.9 Å². The fraction of sp³-hybridized carbons (Fsp3) is 0.0182. The van der Waals surface area contributed by atoms with Crippen LogP contribution < -0.4 is 5.32 Å². The fourth-order valence-electron chi connectivity index (χ4n) is 8.39. The number of rotatable bonds is 7. The van der Waals surface area contributed by atoms with Crippen molar-refractivity contribution < 1.29 is 4.42 Å². The summed E-state index contributed by atoms with van der Waals surface area (Å²) in [6.07, 6.45) is -0.558. The zero-order valence-electron chi connectivity index (χ0n) is 32.1. The highest BCUT2D eigenvalue weighted by atomic mass is 16.3. The molecule has 0 radical (unpaired) electrons. The summed E-state index contributed by atoms with van der Waals surface area (Å²) in [7, 11) is 0. The molecule has 278 valence electrons. The first-order valence-electron chi connectivity index (χ1n) is 20.0. The molecule has 0 saturated heterocycles. The van der Waals surface area contributed by atoms with Gasteiger partial charge in [0.25, 0.3) is 0 Å². The average Bonchev–Trinajstić information content (AvgIpc) is 3.69. The van der Waals surface area contributed by atoms with Gasteiger partial charge in [-0.05, 0) is 61.8 Å². The molecule has 1 aliphatic heterocycles. The van der Waals surface area contributed by atoms with E-state index in [1.54, 1.807) is 0 Å². The summed E-state index contributed by atoms with van der Waals surface area (Å²) in [6, 6.07) is 74.6. The van der Waals surface area contributed by atoms with Gasteiger partial charge in [0.05, 0.1) is 0 Å². The van der Waals surface area contributed by atoms with Crippen LogP contribution in [-0.4, -0.2) is 11.7 Å². The van der Waals surface area contributed by atoms with Gasteiger partial charge in [-0.2, -0.15) is 0 Å². The summed E-state index contributed by atoms with van der Waals surface area (Å²) in [6.45, 7) is 0. The van der Waals surface area contributed by atoms with Gasteiger partial charge in [-0.25, -0.2) is 9.98 Å². The second-order valence-corrected chi connectivity index (χ2v) is 15.0. The highest BCUT2D eigenvalue weighted by molar-refractivity contribution is 6.18. The third-order valence-electron chi connectivity index (χ3n) is 11.4. The van der Waals surface area contributed by atoms with Crippen molar-refractivity contribution in [2.24, 2.45) is 9.98 Å². The lowest BCUT2D eigenvalue weighted by Crippen LogP contribution is -2.36. The SMILES string of the molecule is c1ccc(-c2ccc(C3=NC(c4ccc(-c5ccccc5-c5ccccc5)c5oc6cc7ccccc7cc6c45)N=C(c4ccc(-c5ccccc5)cc4)N3)cc2)cc1. The number of nitrogens with zero attached hydrogens (tertiary/aromatic N) is 2. The summed E-state index contributed by atoms with van der Waals surface area (Å²) in [5, 5.41) is 7.99. The zero-order chi connectivity index (χ0) is 39.1. The molecule has 0 fully saturated rings. The third-order valence-corrected chi connectivity index (χ3v) is 11.4. The Bertz CT molecular complexity index is 3100. The Morgan fingerprint density at radius 1 is 0.373 bits per heavy atom. The van der Waals surface area contributed by atoms with E-state index >= 15 is 0 Å². The number of nitrogens with one attached hydrogen (secondary N) is 1. The van der Waals surface area contributed by atoms with Crippen LogP contribution in [0.2, 0.25) is 0 Å². The van der Waals surface area contributed by atoms with Gasteiger partial charge in [0.1, 0.15) is 22.8 Å². The molecule has 4 heteroatoms. The standard InChI is InChI=1S/C55H37N3O/c1-4-14-36(15-5-1)38-24-28-41(29-25-38)53-56-54(42-30-26-39(27-31-42)37-16-6-2-7-17-37)58-55(57-53)48-33-32-47(46-23-13-12-22-45(46)40-18-8-3-9-19-40)52-51(48)49-34-43-20-10-11-21-44(43)35-50(49)59-52/h1-35,55H,(H,56,57,58). The molecular weight excluding hydrogens is 719 g/mol. The molecule has 9 aromatic carbocycles. The Morgan fingerprint density at radius 2 is 0.831 bits per heavy atom. The summed E-state index contributed by atoms with van der Waals surface area (Å²) in [5.74, 6) is 1.52. The highest BCUT2D eigenvalue weighted by Crippen LogP contribution is 2.45. The molecular formula is C55H37N3O. The number of hydrogen-bond acceptors (Lipinski definition) is 4. The van der Waals surface area contributed by atoms with E-state index in [0.717, 1.165) is 94.5 Å². The molecule has 10 aromatic rings. The minimum Gasteiger partial charge on any atom is -0.455 e. The van der Waals surface area contributed by atoms with E-state index in [9.17, 15) is 0 Å². The van der Waals surface area contributed by atoms with E-state index < -0.39 is 6.17 Å². The van der Waals surface area contributed by atoms with Crippen LogP contribution in [0.3, 0.4) is 0 Å². The van der Waals surface area contributed by atoms with Gasteiger partial charge in [0, 0.05) is 33.0 Å². The van der Waals surface area contributed by atoms with E-state index in [2.05, 4.69) is 206 Å². The molecule has 59 heavy (non-hydrogen) atoms. The van der Waals surface area contributed by atoms with Crippen LogP contribution >= 0.6 is 0 Å². The van der Waals surface area contributed by atoms with E-state index in [1.807, 2.05) is 12.1 Å². The van der Waals surface area contributed by atoms with E-state index in [0.29, 0.717) is 0 Å². The second-order valence-electron chi connectivity index (χ2n) is 15.0. The molecule has 0 bridgehead atoms. The highest BCUT2D eigenvalue weighted by Gasteiger charge is 2.26. The minimum atomic E-state index is -0.558. The lowest BCUT2D eigenvalue weighted by atomic mass is 9.91. The maximum Gasteiger partial charge on any atom is 0.170 e. The van der Waals surface area contributed by atoms with Crippen molar-refractivity contribution in [1.82, 2.24) is 5.32 Å². The van der Waals surface area contributed by atoms with Gasteiger partial charge >= 0.3 is 0 Å². The van der Waals surface area contributed by atoms with Gasteiger partial charge in [0.2, 0.25) is 0 Å². The summed E-state index contributed by atoms with van der Waals surface area (Å²) in [5.41, 5.74) is 13.7. The Hall–Kier alpha value is -7.82. The predicted molar refractivity (Wildman–Crippen MR) is 245 cm³/mol. The van der Waals surface area contributed by atoms with Crippen molar-refractivity contribution in [1.29, 1.82) is 0 Å². The molecule has 4 nitrogen and oxygen atoms in total. The van der Waals surface area contributed by atoms with Crippen molar-refractivity contribution in [2.75, 3.05) is 0 Å². The first kappa shape index (κ1) is 34.4. The molecule has 1 aromatic heterocycles. The second kappa shape index (κ2) is 14.6. The smallest absolute Gasteiger partial charge is 0.170 e. The van der Waals surface area contributed by atoms with Gasteiger partial charge in [-0.1, -0.05) is 200 Å². The molecule has 1 N–H and O–H groups in total. The van der Waals surface area contributed by atoms with Crippen LogP contribution in [0.4, 0.5) is 0 Å². The Balaban J connectivity index is 1.11. The third kappa shape index (κ3) is 6.37. The summed E-state index contributed by atoms with van der Waals surface area (Å²) >= 11 is 0. The molecule has 2 heterocycles. The van der Waals surface area contributed by atoms with Crippen molar-refractivity contribution in [3.05, 3.63) is 229 Å². The van der Waals surface area contributed by atoms with Gasteiger partial charge < -0.3 is 9.73 Å². The molecule has 0 atom stereocenters. The quantitative estimate of drug-likeness (QED) is 0.176. The molecule has 1 aliphatic rings. The van der Waals surface area contributed by atoms with E-state index in [4.69, 9.17) is 14.4 Å². The molecule has 0 saturated carbocycles. The first-order valence-corrected chi connectivity index (χ1v) is 20.0. The largest absolute Gasteiger partial charge is 0.455 e. The van der Waals surface area contributed by atoms with Crippen molar-refractivity contribution in [2.45, 2.75) is 6.17 Å². The van der Waals surface area contributed by atoms with Crippen molar-refractivity contribution in [3.8, 4) is 44.5 Å². The van der Waals surface area contributed by atoms with Crippen molar-refractivity contribution >= 4 is 44.4 Å². The number of aliphatic imine (C=N–C) groups is 2. The molecule has 0 amide bonds. The normalized spacial score (nSPS) is 13.0. The Kier molecular flexibility index (Phi) is 8.52. The Labute approximate surface area is 342 Å². The fourth-order valence-corrected chi connectivity index (χ4v) is 8.39. The zero-order valence-corrected chi connectivity index (χ0v) is 32.1. The van der Waals surface area contributed by atoms with Crippen LogP contribution in [0.5, 0.6) is 0 Å². The predicted octanol–water partition coefficient (Wildman–Crippen LogP) is 13.9. The van der Waals surface area contributed by atoms with E-state index in [-0.39, 0.29) is 0 Å². The average molecular weight is 756 g/mol. The molecule has 0 spiro atoms. The van der Waals surface area contributed by atoms with Crippen LogP contribution in [-0.2, 0) is 0 Å². The topological polar surface area (TPSA) is 49.9 Å². The van der Waals surface area contributed by atoms with Gasteiger partial charge in [0.15, 0.2) is 6.17 Å². The minimum absolute atomic E-state index is 0.558. The maximum absolute atomic E-state index is 6.99. The lowest BCUT2D eigenvalue weighted by molar-refractivity contribution is 0.669. The first-order chi connectivity index (χ1) is 29.2. The van der Waals surface area contributed by atoms with Crippen LogP contribution in [0, 0.1) is 0 Å². The number of benzene rings is 9. The summed E-state index contributed by atoms with van der Waals surface area (Å²) in [4.78, 5) is 10.8. The molecule has 0 aliphatic carbocycles. The lowest BCUT2D eigenvalue weighted by Gasteiger charge is -2.23. The maximum atomic E-state index is 6.99. The number of hydrogen-bond donors (Lipinski definition) is 1. The van der Waals surface area contributed by atoms with Crippen molar-refractivity contribution in [3.63, 3.8) is 0 Å². The number of fused-ring (bicyclic) bond motifs is 4. The van der Waals surface area contributed by atoms with Crippen LogP contribution in [0.15, 0.2) is 227 Å². The molecule has 0 unspecified atom stereocenters. The number of furan rings is 1. The summed E-state index contributed by atoms with van der Waals surface area (Å²) < 4.78 is 6.99. The van der Waals surface area contributed by atoms with Gasteiger partial charge in [-0.15, -0.1) is 0 Å². The monoisotopic (exact) mass is 755 g/mol. The number of amidine groups is 2. The van der Waals surface area contributed by atoms with Crippen LogP contribution in [0.25, 0.3) is 77.2 Å². The Morgan fingerprint density at radius 3 is 1.41 bits per heavy atom. The van der Waals surface area contributed by atoms with Gasteiger partial charge in [-0.3, -0.25) is 0 Å².